The molecular weight excluding hydrogens is 1160 g/mol. The number of nitriles is 2. The molecule has 0 saturated heterocycles. The summed E-state index contributed by atoms with van der Waals surface area (Å²) in [6.07, 6.45) is 23.0. The molecule has 5 aliphatic heterocycles. The molecule has 5 unspecified atom stereocenters. The zero-order valence-electron chi connectivity index (χ0n) is 49.5. The van der Waals surface area contributed by atoms with Crippen LogP contribution in [0.4, 0.5) is 4.39 Å². The standard InChI is InChI=1S/C15H15N3O.C14H11FN2O2.C14H13N3O2.C14H12N2OS.C11H11N3O/c1-15(2)9-18-10-17-8-13(18)14(19-15)12-5-3-11(7-16)4-6-12;15-11-3-1-2-9-10(7-19-13(9)11)14-12-6-16-8-17(12)4-5-18-14;1-18-13-6-10(2-3-11(13)7-15)14-12-8-16-9-17(12)4-5-19-14;1-2-4-13-10(3-1)11(8-18-13)14-12-7-15-9-16(12)5-6-17-14;1-3-12-4-2-9(1)11-10-7-13-8-14(10)5-6-15-11/h3-6,8,10,14H,9H2,1-2H3;1-3,6-8,14H,4-5H2;2-3,6,8-9,14H,4-5H2,1H3;1-4,7-9,14H,5-6H2;1-4,7-8,11H,5-6H2. The van der Waals surface area contributed by atoms with Crippen molar-refractivity contribution in [3.63, 3.8) is 0 Å². The average molecular weight is 1220 g/mol. The Hall–Kier alpha value is -9.91. The van der Waals surface area contributed by atoms with Crippen LogP contribution in [0.25, 0.3) is 21.1 Å². The smallest absolute Gasteiger partial charge is 0.169 e. The first-order valence-corrected chi connectivity index (χ1v) is 30.3. The highest BCUT2D eigenvalue weighted by Crippen LogP contribution is 2.40. The van der Waals surface area contributed by atoms with Gasteiger partial charge in [0.2, 0.25) is 0 Å². The summed E-state index contributed by atoms with van der Waals surface area (Å²) < 4.78 is 65.6. The molecule has 0 spiro atoms. The Labute approximate surface area is 521 Å². The van der Waals surface area contributed by atoms with E-state index in [4.69, 9.17) is 43.4 Å². The van der Waals surface area contributed by atoms with Gasteiger partial charge in [-0.1, -0.05) is 48.5 Å². The molecule has 0 bridgehead atoms. The number of nitrogens with zero attached hydrogens (tertiary/aromatic N) is 13. The number of fused-ring (bicyclic) bond motifs is 7. The van der Waals surface area contributed by atoms with Crippen molar-refractivity contribution in [1.82, 2.24) is 52.7 Å². The average Bonchev–Trinajstić information content (AvgIpc) is 3.90. The Morgan fingerprint density at radius 1 is 0.544 bits per heavy atom. The van der Waals surface area contributed by atoms with Crippen molar-refractivity contribution in [3.05, 3.63) is 257 Å². The lowest BCUT2D eigenvalue weighted by atomic mass is 10.00. The maximum absolute atomic E-state index is 13.7. The molecule has 454 valence electrons. The van der Waals surface area contributed by atoms with Gasteiger partial charge in [-0.05, 0) is 89.8 Å². The first kappa shape index (κ1) is 59.1. The summed E-state index contributed by atoms with van der Waals surface area (Å²) in [6.45, 7) is 11.1. The van der Waals surface area contributed by atoms with Gasteiger partial charge in [-0.25, -0.2) is 29.3 Å². The lowest BCUT2D eigenvalue weighted by Gasteiger charge is -2.37. The maximum atomic E-state index is 13.7. The van der Waals surface area contributed by atoms with Crippen molar-refractivity contribution in [2.45, 2.75) is 82.7 Å². The number of methoxy groups -OCH3 is 1. The van der Waals surface area contributed by atoms with Gasteiger partial charge in [-0.3, -0.25) is 4.98 Å². The van der Waals surface area contributed by atoms with Gasteiger partial charge in [0.1, 0.15) is 42.3 Å². The van der Waals surface area contributed by atoms with Gasteiger partial charge in [-0.15, -0.1) is 11.3 Å². The molecule has 0 N–H and O–H groups in total. The van der Waals surface area contributed by atoms with Crippen molar-refractivity contribution in [1.29, 1.82) is 10.5 Å². The molecule has 22 heteroatoms. The van der Waals surface area contributed by atoms with Gasteiger partial charge >= 0.3 is 0 Å². The number of hydrogen-bond donors (Lipinski definition) is 0. The minimum absolute atomic E-state index is 0.00394. The monoisotopic (exact) mass is 1220 g/mol. The molecule has 5 aliphatic rings. The molecule has 4 aromatic carbocycles. The highest BCUT2D eigenvalue weighted by Gasteiger charge is 2.35. The molecule has 0 radical (unpaired) electrons. The maximum Gasteiger partial charge on any atom is 0.169 e. The number of hydrogen-bond acceptors (Lipinski definition) is 16. The van der Waals surface area contributed by atoms with E-state index in [1.54, 1.807) is 61.8 Å². The molecule has 0 amide bonds. The lowest BCUT2D eigenvalue weighted by molar-refractivity contribution is -0.0881. The van der Waals surface area contributed by atoms with E-state index in [0.29, 0.717) is 30.1 Å². The van der Waals surface area contributed by atoms with E-state index in [1.165, 1.54) is 21.7 Å². The Kier molecular flexibility index (Phi) is 17.3. The fourth-order valence-corrected chi connectivity index (χ4v) is 12.8. The highest BCUT2D eigenvalue weighted by molar-refractivity contribution is 7.17. The summed E-state index contributed by atoms with van der Waals surface area (Å²) in [5, 5.41) is 22.1. The third-order valence-corrected chi connectivity index (χ3v) is 17.2. The number of furan rings is 1. The predicted octanol–water partition coefficient (Wildman–Crippen LogP) is 12.0. The van der Waals surface area contributed by atoms with Gasteiger partial charge in [0, 0.05) is 59.8 Å². The number of halogens is 1. The minimum Gasteiger partial charge on any atom is -0.495 e. The molecule has 20 nitrogen and oxygen atoms in total. The third-order valence-electron chi connectivity index (χ3n) is 16.2. The Morgan fingerprint density at radius 3 is 1.64 bits per heavy atom. The van der Waals surface area contributed by atoms with E-state index in [2.05, 4.69) is 104 Å². The molecule has 90 heavy (non-hydrogen) atoms. The summed E-state index contributed by atoms with van der Waals surface area (Å²) in [5.74, 6) is 0.216. The van der Waals surface area contributed by atoms with Crippen LogP contribution >= 0.6 is 11.3 Å². The second-order valence-corrected chi connectivity index (χ2v) is 23.2. The quantitative estimate of drug-likeness (QED) is 0.151. The van der Waals surface area contributed by atoms with Crippen molar-refractivity contribution < 1.29 is 37.2 Å². The minimum atomic E-state index is -0.354. The number of thiophene rings is 1. The number of rotatable bonds is 6. The number of benzene rings is 4. The van der Waals surface area contributed by atoms with Crippen molar-refractivity contribution in [3.8, 4) is 17.9 Å². The van der Waals surface area contributed by atoms with Gasteiger partial charge in [0.25, 0.3) is 0 Å². The normalized spacial score (nSPS) is 19.1. The number of imidazole rings is 5. The molecule has 5 atom stereocenters. The van der Waals surface area contributed by atoms with E-state index in [0.717, 1.165) is 102 Å². The number of para-hydroxylation sites is 1. The van der Waals surface area contributed by atoms with Crippen LogP contribution in [0.3, 0.4) is 0 Å². The predicted molar refractivity (Wildman–Crippen MR) is 330 cm³/mol. The van der Waals surface area contributed by atoms with Crippen molar-refractivity contribution in [2.75, 3.05) is 33.5 Å². The van der Waals surface area contributed by atoms with Crippen LogP contribution in [-0.4, -0.2) is 91.9 Å². The lowest BCUT2D eigenvalue weighted by Crippen LogP contribution is -2.38. The molecule has 17 rings (SSSR count). The largest absolute Gasteiger partial charge is 0.495 e. The van der Waals surface area contributed by atoms with Crippen LogP contribution in [-0.2, 0) is 56.4 Å². The summed E-state index contributed by atoms with van der Waals surface area (Å²) in [5.41, 5.74) is 11.8. The van der Waals surface area contributed by atoms with Crippen LogP contribution in [0.15, 0.2) is 188 Å². The fourth-order valence-electron chi connectivity index (χ4n) is 11.8. The van der Waals surface area contributed by atoms with Crippen LogP contribution in [0.1, 0.15) is 112 Å². The number of aromatic nitrogens is 11. The summed E-state index contributed by atoms with van der Waals surface area (Å²) in [6, 6.07) is 34.6. The summed E-state index contributed by atoms with van der Waals surface area (Å²) in [7, 11) is 1.56. The summed E-state index contributed by atoms with van der Waals surface area (Å²) in [4.78, 5) is 24.9. The Bertz CT molecular complexity index is 4490. The molecule has 0 saturated carbocycles. The third kappa shape index (κ3) is 12.3. The van der Waals surface area contributed by atoms with Gasteiger partial charge in [0.15, 0.2) is 11.4 Å². The first-order chi connectivity index (χ1) is 44.1. The number of ether oxygens (including phenoxy) is 6. The molecule has 0 fully saturated rings. The van der Waals surface area contributed by atoms with Gasteiger partial charge in [-0.2, -0.15) is 10.5 Å². The first-order valence-electron chi connectivity index (χ1n) is 29.4. The Balaban J connectivity index is 0.000000103. The topological polar surface area (TPSA) is 218 Å². The van der Waals surface area contributed by atoms with Crippen molar-refractivity contribution in [2.24, 2.45) is 0 Å². The second-order valence-electron chi connectivity index (χ2n) is 22.3. The van der Waals surface area contributed by atoms with Crippen molar-refractivity contribution >= 4 is 32.4 Å². The molecule has 12 aromatic rings. The van der Waals surface area contributed by atoms with Crippen LogP contribution < -0.4 is 4.74 Å². The number of pyridine rings is 1. The van der Waals surface area contributed by atoms with Crippen LogP contribution in [0.2, 0.25) is 0 Å². The van der Waals surface area contributed by atoms with E-state index in [9.17, 15) is 4.39 Å². The molecule has 0 aliphatic carbocycles. The van der Waals surface area contributed by atoms with Gasteiger partial charge < -0.3 is 55.7 Å². The van der Waals surface area contributed by atoms with E-state index < -0.39 is 0 Å². The van der Waals surface area contributed by atoms with Gasteiger partial charge in [0.05, 0.1) is 160 Å². The molecule has 13 heterocycles. The zero-order chi connectivity index (χ0) is 61.6. The Morgan fingerprint density at radius 2 is 1.06 bits per heavy atom. The zero-order valence-corrected chi connectivity index (χ0v) is 50.3. The fraction of sp³-hybridized carbons (Fsp3) is 0.265. The van der Waals surface area contributed by atoms with Crippen LogP contribution in [0, 0.1) is 28.5 Å². The van der Waals surface area contributed by atoms with Crippen LogP contribution in [0.5, 0.6) is 5.75 Å². The van der Waals surface area contributed by atoms with E-state index in [1.807, 2.05) is 109 Å². The SMILES string of the molecule is CC1(C)Cn2cncc2C(c2ccc(C#N)cc2)O1.COc1cc(C2OCCn3cncc32)ccc1C#N.Fc1cccc2c(C3OCCn4cncc43)coc12.c1cc(C2OCCn3cncc32)ccn1.c1ccc2c(C3OCCn4cncc43)csc2c1. The molecule has 8 aromatic heterocycles. The highest BCUT2D eigenvalue weighted by atomic mass is 32.1. The molecular formula is C68H62FN13O7S. The second kappa shape index (κ2) is 26.4. The van der Waals surface area contributed by atoms with E-state index >= 15 is 0 Å². The van der Waals surface area contributed by atoms with E-state index in [-0.39, 0.29) is 47.5 Å². The summed E-state index contributed by atoms with van der Waals surface area (Å²) >= 11 is 1.78.